The van der Waals surface area contributed by atoms with Crippen LogP contribution in [0.1, 0.15) is 18.5 Å². The molecule has 0 N–H and O–H groups in total. The van der Waals surface area contributed by atoms with E-state index in [0.717, 1.165) is 12.1 Å². The first-order chi connectivity index (χ1) is 13.5. The van der Waals surface area contributed by atoms with Gasteiger partial charge in [0.15, 0.2) is 5.13 Å². The Hall–Kier alpha value is -1.90. The van der Waals surface area contributed by atoms with E-state index in [1.807, 2.05) is 10.3 Å². The van der Waals surface area contributed by atoms with Gasteiger partial charge in [-0.25, -0.2) is 9.97 Å². The standard InChI is InChI=1S/C18H19Cl2N5O2S/c19-12-8-14(20)17(21-10-12)24-6-4-23(5-7-24)16(27)9-13-11-28-18(22-13)25-3-1-2-15(25)26/h8,10-11H,1-7,9H2. The first-order valence-corrected chi connectivity index (χ1v) is 10.7. The van der Waals surface area contributed by atoms with Crippen molar-refractivity contribution in [1.29, 1.82) is 0 Å². The molecule has 0 saturated carbocycles. The summed E-state index contributed by atoms with van der Waals surface area (Å²) < 4.78 is 0. The van der Waals surface area contributed by atoms with E-state index in [4.69, 9.17) is 23.2 Å². The second kappa shape index (κ2) is 8.23. The lowest BCUT2D eigenvalue weighted by Crippen LogP contribution is -2.49. The lowest BCUT2D eigenvalue weighted by atomic mass is 10.2. The quantitative estimate of drug-likeness (QED) is 0.732. The number of hydrogen-bond donors (Lipinski definition) is 0. The molecule has 2 aliphatic heterocycles. The van der Waals surface area contributed by atoms with Crippen LogP contribution in [-0.4, -0.2) is 59.4 Å². The molecule has 2 fully saturated rings. The van der Waals surface area contributed by atoms with Crippen LogP contribution in [0.15, 0.2) is 17.6 Å². The highest BCUT2D eigenvalue weighted by Crippen LogP contribution is 2.28. The van der Waals surface area contributed by atoms with Gasteiger partial charge in [0.2, 0.25) is 11.8 Å². The maximum absolute atomic E-state index is 12.6. The van der Waals surface area contributed by atoms with Gasteiger partial charge >= 0.3 is 0 Å². The van der Waals surface area contributed by atoms with Gasteiger partial charge in [0.1, 0.15) is 5.82 Å². The Labute approximate surface area is 176 Å². The zero-order valence-corrected chi connectivity index (χ0v) is 17.4. The van der Waals surface area contributed by atoms with Crippen LogP contribution in [0.25, 0.3) is 0 Å². The third-order valence-electron chi connectivity index (χ3n) is 4.90. The predicted octanol–water partition coefficient (Wildman–Crippen LogP) is 2.86. The molecule has 0 spiro atoms. The summed E-state index contributed by atoms with van der Waals surface area (Å²) in [6, 6.07) is 1.67. The fraction of sp³-hybridized carbons (Fsp3) is 0.444. The van der Waals surface area contributed by atoms with Crippen LogP contribution in [0, 0.1) is 0 Å². The summed E-state index contributed by atoms with van der Waals surface area (Å²) >= 11 is 13.6. The Morgan fingerprint density at radius 2 is 1.96 bits per heavy atom. The molecular weight excluding hydrogens is 421 g/mol. The van der Waals surface area contributed by atoms with Crippen molar-refractivity contribution < 1.29 is 9.59 Å². The summed E-state index contributed by atoms with van der Waals surface area (Å²) in [5, 5.41) is 3.57. The summed E-state index contributed by atoms with van der Waals surface area (Å²) in [7, 11) is 0. The van der Waals surface area contributed by atoms with Crippen LogP contribution in [0.4, 0.5) is 10.9 Å². The van der Waals surface area contributed by atoms with Gasteiger partial charge in [-0.1, -0.05) is 23.2 Å². The molecule has 2 aliphatic rings. The molecule has 0 atom stereocenters. The minimum absolute atomic E-state index is 0.0411. The Morgan fingerprint density at radius 3 is 2.64 bits per heavy atom. The number of pyridine rings is 1. The number of amides is 2. The molecule has 2 aromatic heterocycles. The summed E-state index contributed by atoms with van der Waals surface area (Å²) in [6.45, 7) is 3.22. The van der Waals surface area contributed by atoms with Gasteiger partial charge in [-0.15, -0.1) is 11.3 Å². The number of rotatable bonds is 4. The Kier molecular flexibility index (Phi) is 5.70. The smallest absolute Gasteiger partial charge is 0.228 e. The van der Waals surface area contributed by atoms with Crippen molar-refractivity contribution in [2.45, 2.75) is 19.3 Å². The van der Waals surface area contributed by atoms with E-state index in [-0.39, 0.29) is 18.2 Å². The zero-order chi connectivity index (χ0) is 19.7. The highest BCUT2D eigenvalue weighted by Gasteiger charge is 2.26. The van der Waals surface area contributed by atoms with E-state index in [0.29, 0.717) is 60.1 Å². The first kappa shape index (κ1) is 19.4. The van der Waals surface area contributed by atoms with Crippen molar-refractivity contribution in [2.24, 2.45) is 0 Å². The Bertz CT molecular complexity index is 898. The third kappa shape index (κ3) is 4.09. The van der Waals surface area contributed by atoms with Crippen LogP contribution in [0.3, 0.4) is 0 Å². The molecule has 28 heavy (non-hydrogen) atoms. The number of carbonyl (C=O) groups excluding carboxylic acids is 2. The van der Waals surface area contributed by atoms with E-state index in [9.17, 15) is 9.59 Å². The number of hydrogen-bond acceptors (Lipinski definition) is 6. The minimum atomic E-state index is 0.0411. The number of aromatic nitrogens is 2. The van der Waals surface area contributed by atoms with E-state index in [2.05, 4.69) is 14.9 Å². The Morgan fingerprint density at radius 1 is 1.18 bits per heavy atom. The number of nitrogens with zero attached hydrogens (tertiary/aromatic N) is 5. The third-order valence-corrected chi connectivity index (χ3v) is 6.29. The summed E-state index contributed by atoms with van der Waals surface area (Å²) in [5.74, 6) is 0.842. The van der Waals surface area contributed by atoms with Gasteiger partial charge in [0.05, 0.1) is 22.2 Å². The number of anilines is 2. The van der Waals surface area contributed by atoms with E-state index in [1.54, 1.807) is 17.2 Å². The molecule has 2 aromatic rings. The summed E-state index contributed by atoms with van der Waals surface area (Å²) in [6.07, 6.45) is 3.26. The first-order valence-electron chi connectivity index (χ1n) is 9.10. The molecule has 0 aromatic carbocycles. The SMILES string of the molecule is O=C(Cc1csc(N2CCCC2=O)n1)N1CCN(c2ncc(Cl)cc2Cl)CC1. The fourth-order valence-electron chi connectivity index (χ4n) is 3.43. The fourth-order valence-corrected chi connectivity index (χ4v) is 4.79. The second-order valence-electron chi connectivity index (χ2n) is 6.77. The van der Waals surface area contributed by atoms with Gasteiger partial charge < -0.3 is 9.80 Å². The number of piperazine rings is 1. The molecule has 0 unspecified atom stereocenters. The maximum atomic E-state index is 12.6. The molecule has 0 radical (unpaired) electrons. The van der Waals surface area contributed by atoms with Crippen molar-refractivity contribution in [1.82, 2.24) is 14.9 Å². The van der Waals surface area contributed by atoms with Gasteiger partial charge in [0, 0.05) is 50.7 Å². The number of halogens is 2. The molecule has 2 amide bonds. The van der Waals surface area contributed by atoms with Crippen LogP contribution >= 0.6 is 34.5 Å². The molecule has 0 aliphatic carbocycles. The van der Waals surface area contributed by atoms with Gasteiger partial charge in [-0.2, -0.15) is 0 Å². The van der Waals surface area contributed by atoms with Crippen LogP contribution in [-0.2, 0) is 16.0 Å². The average Bonchev–Trinajstić information content (AvgIpc) is 3.30. The normalized spacial score (nSPS) is 17.5. The van der Waals surface area contributed by atoms with Crippen LogP contribution < -0.4 is 9.80 Å². The highest BCUT2D eigenvalue weighted by atomic mass is 35.5. The maximum Gasteiger partial charge on any atom is 0.228 e. The molecule has 4 rings (SSSR count). The molecule has 0 bridgehead atoms. The van der Waals surface area contributed by atoms with E-state index in [1.165, 1.54) is 11.3 Å². The predicted molar refractivity (Wildman–Crippen MR) is 110 cm³/mol. The lowest BCUT2D eigenvalue weighted by Gasteiger charge is -2.35. The van der Waals surface area contributed by atoms with Crippen LogP contribution in [0.2, 0.25) is 10.0 Å². The van der Waals surface area contributed by atoms with Gasteiger partial charge in [-0.05, 0) is 12.5 Å². The summed E-state index contributed by atoms with van der Waals surface area (Å²) in [5.41, 5.74) is 0.717. The molecule has 148 valence electrons. The molecule has 10 heteroatoms. The summed E-state index contributed by atoms with van der Waals surface area (Å²) in [4.78, 5) is 38.9. The van der Waals surface area contributed by atoms with E-state index >= 15 is 0 Å². The van der Waals surface area contributed by atoms with Crippen molar-refractivity contribution >= 4 is 57.3 Å². The Balaban J connectivity index is 1.33. The molecule has 4 heterocycles. The zero-order valence-electron chi connectivity index (χ0n) is 15.1. The monoisotopic (exact) mass is 439 g/mol. The van der Waals surface area contributed by atoms with E-state index < -0.39 is 0 Å². The lowest BCUT2D eigenvalue weighted by molar-refractivity contribution is -0.130. The van der Waals surface area contributed by atoms with Gasteiger partial charge in [-0.3, -0.25) is 14.5 Å². The topological polar surface area (TPSA) is 69.6 Å². The van der Waals surface area contributed by atoms with Crippen molar-refractivity contribution in [3.63, 3.8) is 0 Å². The largest absolute Gasteiger partial charge is 0.352 e. The van der Waals surface area contributed by atoms with Crippen molar-refractivity contribution in [3.05, 3.63) is 33.4 Å². The highest BCUT2D eigenvalue weighted by molar-refractivity contribution is 7.14. The molecule has 7 nitrogen and oxygen atoms in total. The van der Waals surface area contributed by atoms with Crippen LogP contribution in [0.5, 0.6) is 0 Å². The molecule has 2 saturated heterocycles. The van der Waals surface area contributed by atoms with Crippen molar-refractivity contribution in [3.8, 4) is 0 Å². The number of thiazole rings is 1. The van der Waals surface area contributed by atoms with Crippen molar-refractivity contribution in [2.75, 3.05) is 42.5 Å². The number of carbonyl (C=O) groups is 2. The van der Waals surface area contributed by atoms with Gasteiger partial charge in [0.25, 0.3) is 0 Å². The minimum Gasteiger partial charge on any atom is -0.352 e. The average molecular weight is 440 g/mol. The molecular formula is C18H19Cl2N5O2S. The second-order valence-corrected chi connectivity index (χ2v) is 8.45.